The second-order valence-corrected chi connectivity index (χ2v) is 4.15. The van der Waals surface area contributed by atoms with Gasteiger partial charge in [-0.05, 0) is 11.6 Å². The molecule has 2 aromatic rings. The predicted octanol–water partition coefficient (Wildman–Crippen LogP) is 2.40. The van der Waals surface area contributed by atoms with Gasteiger partial charge in [-0.2, -0.15) is 0 Å². The Morgan fingerprint density at radius 1 is 1.22 bits per heavy atom. The minimum absolute atomic E-state index is 0.0536. The lowest BCUT2D eigenvalue weighted by Crippen LogP contribution is -2.19. The van der Waals surface area contributed by atoms with Crippen LogP contribution in [-0.2, 0) is 0 Å². The van der Waals surface area contributed by atoms with E-state index in [1.807, 2.05) is 6.07 Å². The number of rotatable bonds is 3. The van der Waals surface area contributed by atoms with Crippen molar-refractivity contribution < 1.29 is 9.90 Å². The Hall–Kier alpha value is -2.07. The van der Waals surface area contributed by atoms with E-state index >= 15 is 0 Å². The molecule has 0 spiro atoms. The summed E-state index contributed by atoms with van der Waals surface area (Å²) in [6.07, 6.45) is 1.30. The lowest BCUT2D eigenvalue weighted by molar-refractivity contribution is 0.0695. The molecule has 1 heterocycles. The zero-order valence-electron chi connectivity index (χ0n) is 9.26. The van der Waals surface area contributed by atoms with E-state index in [1.54, 1.807) is 24.3 Å². The molecule has 1 atom stereocenters. The van der Waals surface area contributed by atoms with Crippen molar-refractivity contribution in [1.29, 1.82) is 0 Å². The van der Waals surface area contributed by atoms with Gasteiger partial charge in [0.2, 0.25) is 0 Å². The number of hydrogen-bond donors (Lipinski definition) is 2. The second kappa shape index (κ2) is 5.06. The van der Waals surface area contributed by atoms with Crippen LogP contribution >= 0.6 is 11.6 Å². The van der Waals surface area contributed by atoms with E-state index in [1.165, 1.54) is 12.3 Å². The number of carboxylic acid groups (broad SMARTS) is 1. The van der Waals surface area contributed by atoms with Crippen LogP contribution in [0.2, 0.25) is 0 Å². The molecule has 0 aliphatic rings. The van der Waals surface area contributed by atoms with Gasteiger partial charge < -0.3 is 10.1 Å². The van der Waals surface area contributed by atoms with Crippen LogP contribution in [0.3, 0.4) is 0 Å². The summed E-state index contributed by atoms with van der Waals surface area (Å²) in [6, 6.07) is 10.2. The van der Waals surface area contributed by atoms with Crippen molar-refractivity contribution in [3.8, 4) is 0 Å². The molecule has 18 heavy (non-hydrogen) atoms. The van der Waals surface area contributed by atoms with Crippen molar-refractivity contribution in [1.82, 2.24) is 4.98 Å². The fourth-order valence-electron chi connectivity index (χ4n) is 1.72. The third kappa shape index (κ3) is 2.28. The van der Waals surface area contributed by atoms with E-state index in [9.17, 15) is 9.59 Å². The monoisotopic (exact) mass is 263 g/mol. The van der Waals surface area contributed by atoms with Crippen LogP contribution in [0.25, 0.3) is 0 Å². The van der Waals surface area contributed by atoms with Crippen LogP contribution < -0.4 is 5.56 Å². The number of hydrogen-bond acceptors (Lipinski definition) is 2. The Morgan fingerprint density at radius 3 is 2.50 bits per heavy atom. The SMILES string of the molecule is O=C(O)c1cc[nH]c(=O)c1C(Cl)c1ccccc1. The second-order valence-electron chi connectivity index (χ2n) is 3.71. The van der Waals surface area contributed by atoms with Crippen molar-refractivity contribution >= 4 is 17.6 Å². The van der Waals surface area contributed by atoms with E-state index in [0.29, 0.717) is 5.56 Å². The van der Waals surface area contributed by atoms with Gasteiger partial charge in [0.1, 0.15) is 0 Å². The summed E-state index contributed by atoms with van der Waals surface area (Å²) < 4.78 is 0. The Morgan fingerprint density at radius 2 is 1.89 bits per heavy atom. The molecule has 0 aliphatic heterocycles. The van der Waals surface area contributed by atoms with Gasteiger partial charge in [0.25, 0.3) is 5.56 Å². The number of aromatic carboxylic acids is 1. The number of pyridine rings is 1. The van der Waals surface area contributed by atoms with Gasteiger partial charge >= 0.3 is 5.97 Å². The molecule has 0 fully saturated rings. The number of halogens is 1. The molecular formula is C13H10ClNO3. The lowest BCUT2D eigenvalue weighted by atomic mass is 10.0. The summed E-state index contributed by atoms with van der Waals surface area (Å²) in [4.78, 5) is 25.3. The highest BCUT2D eigenvalue weighted by Gasteiger charge is 2.21. The van der Waals surface area contributed by atoms with Crippen molar-refractivity contribution in [2.24, 2.45) is 0 Å². The topological polar surface area (TPSA) is 70.2 Å². The van der Waals surface area contributed by atoms with Gasteiger partial charge in [-0.3, -0.25) is 4.79 Å². The predicted molar refractivity (Wildman–Crippen MR) is 68.2 cm³/mol. The van der Waals surface area contributed by atoms with Crippen molar-refractivity contribution in [2.75, 3.05) is 0 Å². The van der Waals surface area contributed by atoms with Gasteiger partial charge in [-0.1, -0.05) is 30.3 Å². The highest BCUT2D eigenvalue weighted by atomic mass is 35.5. The number of H-pyrrole nitrogens is 1. The van der Waals surface area contributed by atoms with Crippen LogP contribution in [0, 0.1) is 0 Å². The molecule has 0 aliphatic carbocycles. The zero-order valence-corrected chi connectivity index (χ0v) is 10.0. The van der Waals surface area contributed by atoms with Crippen LogP contribution in [0.15, 0.2) is 47.4 Å². The van der Waals surface area contributed by atoms with Gasteiger partial charge in [0.05, 0.1) is 16.5 Å². The van der Waals surface area contributed by atoms with Crippen LogP contribution in [0.1, 0.15) is 26.9 Å². The molecule has 92 valence electrons. The van der Waals surface area contributed by atoms with Crippen molar-refractivity contribution in [2.45, 2.75) is 5.38 Å². The maximum atomic E-state index is 11.8. The summed E-state index contributed by atoms with van der Waals surface area (Å²) in [6.45, 7) is 0. The average Bonchev–Trinajstić information content (AvgIpc) is 2.38. The van der Waals surface area contributed by atoms with E-state index in [-0.39, 0.29) is 11.1 Å². The highest BCUT2D eigenvalue weighted by molar-refractivity contribution is 6.23. The summed E-state index contributed by atoms with van der Waals surface area (Å²) in [5.41, 5.74) is 0.164. The molecule has 1 aromatic carbocycles. The van der Waals surface area contributed by atoms with Crippen LogP contribution in [0.4, 0.5) is 0 Å². The Labute approximate surface area is 108 Å². The minimum Gasteiger partial charge on any atom is -0.478 e. The first-order valence-electron chi connectivity index (χ1n) is 5.25. The fourth-order valence-corrected chi connectivity index (χ4v) is 2.08. The van der Waals surface area contributed by atoms with Crippen molar-refractivity contribution in [3.63, 3.8) is 0 Å². The van der Waals surface area contributed by atoms with Crippen LogP contribution in [0.5, 0.6) is 0 Å². The number of carboxylic acids is 1. The third-order valence-corrected chi connectivity index (χ3v) is 3.05. The summed E-state index contributed by atoms with van der Waals surface area (Å²) in [7, 11) is 0. The molecule has 0 radical (unpaired) electrons. The normalized spacial score (nSPS) is 12.1. The maximum Gasteiger partial charge on any atom is 0.336 e. The third-order valence-electron chi connectivity index (χ3n) is 2.58. The summed E-state index contributed by atoms with van der Waals surface area (Å²) >= 11 is 6.20. The molecule has 1 unspecified atom stereocenters. The molecule has 0 saturated heterocycles. The van der Waals surface area contributed by atoms with E-state index < -0.39 is 16.9 Å². The fraction of sp³-hybridized carbons (Fsp3) is 0.0769. The number of aromatic amines is 1. The first kappa shape index (κ1) is 12.4. The Bertz CT molecular complexity index is 622. The van der Waals surface area contributed by atoms with E-state index in [2.05, 4.69) is 4.98 Å². The van der Waals surface area contributed by atoms with Gasteiger partial charge in [0, 0.05) is 6.20 Å². The Balaban J connectivity index is 2.58. The number of carbonyl (C=O) groups is 1. The quantitative estimate of drug-likeness (QED) is 0.836. The summed E-state index contributed by atoms with van der Waals surface area (Å²) in [5, 5.41) is 8.28. The molecular weight excluding hydrogens is 254 g/mol. The smallest absolute Gasteiger partial charge is 0.336 e. The van der Waals surface area contributed by atoms with Crippen molar-refractivity contribution in [3.05, 3.63) is 69.6 Å². The number of aromatic nitrogens is 1. The molecule has 0 amide bonds. The minimum atomic E-state index is -1.17. The maximum absolute atomic E-state index is 11.8. The molecule has 0 saturated carbocycles. The molecule has 2 N–H and O–H groups in total. The molecule has 2 rings (SSSR count). The number of benzene rings is 1. The van der Waals surface area contributed by atoms with E-state index in [4.69, 9.17) is 16.7 Å². The highest BCUT2D eigenvalue weighted by Crippen LogP contribution is 2.28. The van der Waals surface area contributed by atoms with Gasteiger partial charge in [-0.15, -0.1) is 11.6 Å². The van der Waals surface area contributed by atoms with Gasteiger partial charge in [0.15, 0.2) is 0 Å². The molecule has 5 heteroatoms. The number of alkyl halides is 1. The first-order chi connectivity index (χ1) is 8.61. The molecule has 4 nitrogen and oxygen atoms in total. The number of nitrogens with one attached hydrogen (secondary N) is 1. The standard InChI is InChI=1S/C13H10ClNO3/c14-11(8-4-2-1-3-5-8)10-9(13(17)18)6-7-15-12(10)16/h1-7,11H,(H,15,16)(H,17,18). The molecule has 0 bridgehead atoms. The molecule has 1 aromatic heterocycles. The largest absolute Gasteiger partial charge is 0.478 e. The Kier molecular flexibility index (Phi) is 3.48. The summed E-state index contributed by atoms with van der Waals surface area (Å²) in [5.74, 6) is -1.17. The first-order valence-corrected chi connectivity index (χ1v) is 5.69. The van der Waals surface area contributed by atoms with Crippen LogP contribution in [-0.4, -0.2) is 16.1 Å². The van der Waals surface area contributed by atoms with Gasteiger partial charge in [-0.25, -0.2) is 4.79 Å². The van der Waals surface area contributed by atoms with E-state index in [0.717, 1.165) is 0 Å². The zero-order chi connectivity index (χ0) is 13.1. The lowest BCUT2D eigenvalue weighted by Gasteiger charge is -2.11. The average molecular weight is 264 g/mol.